The molecule has 0 saturated carbocycles. The van der Waals surface area contributed by atoms with Crippen molar-refractivity contribution in [1.82, 2.24) is 10.3 Å². The lowest BCUT2D eigenvalue weighted by atomic mass is 9.95. The van der Waals surface area contributed by atoms with Gasteiger partial charge in [0.05, 0.1) is 6.21 Å². The van der Waals surface area contributed by atoms with Crippen LogP contribution in [0.3, 0.4) is 0 Å². The SMILES string of the molecule is Cc1ccc(/C=N\NC(=O)C2CCN(C(=O)c3ccccc3C)CC2)cc1. The molecule has 1 aliphatic rings. The molecule has 0 aliphatic carbocycles. The second-order valence-corrected chi connectivity index (χ2v) is 7.03. The first-order chi connectivity index (χ1) is 13.0. The van der Waals surface area contributed by atoms with Crippen LogP contribution in [0.2, 0.25) is 0 Å². The largest absolute Gasteiger partial charge is 0.339 e. The van der Waals surface area contributed by atoms with Gasteiger partial charge in [-0.05, 0) is 43.9 Å². The summed E-state index contributed by atoms with van der Waals surface area (Å²) in [6.07, 6.45) is 2.96. The quantitative estimate of drug-likeness (QED) is 0.669. The van der Waals surface area contributed by atoms with E-state index in [1.165, 1.54) is 5.56 Å². The molecule has 2 aromatic carbocycles. The number of likely N-dealkylation sites (tertiary alicyclic amines) is 1. The zero-order chi connectivity index (χ0) is 19.2. The minimum atomic E-state index is -0.110. The number of carbonyl (C=O) groups excluding carboxylic acids is 2. The number of hydrogen-bond donors (Lipinski definition) is 1. The summed E-state index contributed by atoms with van der Waals surface area (Å²) < 4.78 is 0. The molecule has 0 atom stereocenters. The van der Waals surface area contributed by atoms with E-state index in [4.69, 9.17) is 0 Å². The van der Waals surface area contributed by atoms with Gasteiger partial charge >= 0.3 is 0 Å². The Labute approximate surface area is 160 Å². The Morgan fingerprint density at radius 1 is 1.04 bits per heavy atom. The summed E-state index contributed by atoms with van der Waals surface area (Å²) in [5, 5.41) is 4.05. The molecule has 1 saturated heterocycles. The van der Waals surface area contributed by atoms with Gasteiger partial charge in [0.15, 0.2) is 0 Å². The maximum atomic E-state index is 12.7. The Kier molecular flexibility index (Phi) is 6.01. The summed E-state index contributed by atoms with van der Waals surface area (Å²) in [7, 11) is 0. The Balaban J connectivity index is 1.50. The molecule has 0 unspecified atom stereocenters. The van der Waals surface area contributed by atoms with Crippen LogP contribution in [0.5, 0.6) is 0 Å². The van der Waals surface area contributed by atoms with Crippen LogP contribution in [0.15, 0.2) is 53.6 Å². The molecule has 5 heteroatoms. The van der Waals surface area contributed by atoms with Gasteiger partial charge in [-0.2, -0.15) is 5.10 Å². The monoisotopic (exact) mass is 363 g/mol. The number of aryl methyl sites for hydroxylation is 2. The molecular weight excluding hydrogens is 338 g/mol. The van der Waals surface area contributed by atoms with E-state index in [0.29, 0.717) is 25.9 Å². The third-order valence-electron chi connectivity index (χ3n) is 4.99. The van der Waals surface area contributed by atoms with Crippen molar-refractivity contribution in [3.63, 3.8) is 0 Å². The number of hydrazone groups is 1. The van der Waals surface area contributed by atoms with Crippen molar-refractivity contribution in [2.45, 2.75) is 26.7 Å². The fourth-order valence-electron chi connectivity index (χ4n) is 3.24. The second kappa shape index (κ2) is 8.62. The number of hydrogen-bond acceptors (Lipinski definition) is 3. The van der Waals surface area contributed by atoms with Crippen LogP contribution in [0, 0.1) is 19.8 Å². The molecule has 1 heterocycles. The number of nitrogens with one attached hydrogen (secondary N) is 1. The Bertz CT molecular complexity index is 835. The van der Waals surface area contributed by atoms with Crippen LogP contribution < -0.4 is 5.43 Å². The highest BCUT2D eigenvalue weighted by Crippen LogP contribution is 2.20. The summed E-state index contributed by atoms with van der Waals surface area (Å²) in [6.45, 7) is 5.15. The van der Waals surface area contributed by atoms with Gasteiger partial charge in [-0.25, -0.2) is 5.43 Å². The first-order valence-electron chi connectivity index (χ1n) is 9.29. The molecule has 2 amide bonds. The van der Waals surface area contributed by atoms with Gasteiger partial charge in [0, 0.05) is 24.6 Å². The standard InChI is InChI=1S/C22H25N3O2/c1-16-7-9-18(10-8-16)15-23-24-21(26)19-11-13-25(14-12-19)22(27)20-6-4-3-5-17(20)2/h3-10,15,19H,11-14H2,1-2H3,(H,24,26)/b23-15-. The maximum absolute atomic E-state index is 12.7. The summed E-state index contributed by atoms with van der Waals surface area (Å²) in [5.41, 5.74) is 6.47. The number of nitrogens with zero attached hydrogens (tertiary/aromatic N) is 2. The highest BCUT2D eigenvalue weighted by atomic mass is 16.2. The normalized spacial score (nSPS) is 15.1. The number of carbonyl (C=O) groups is 2. The number of rotatable bonds is 4. The first-order valence-corrected chi connectivity index (χ1v) is 9.29. The van der Waals surface area contributed by atoms with Gasteiger partial charge in [0.2, 0.25) is 5.91 Å². The van der Waals surface area contributed by atoms with Crippen molar-refractivity contribution in [3.8, 4) is 0 Å². The lowest BCUT2D eigenvalue weighted by Gasteiger charge is -2.31. The molecule has 1 N–H and O–H groups in total. The molecule has 3 rings (SSSR count). The van der Waals surface area contributed by atoms with Crippen LogP contribution in [0.1, 0.15) is 39.9 Å². The third-order valence-corrected chi connectivity index (χ3v) is 4.99. The highest BCUT2D eigenvalue weighted by molar-refractivity contribution is 5.95. The van der Waals surface area contributed by atoms with Crippen molar-refractivity contribution in [1.29, 1.82) is 0 Å². The van der Waals surface area contributed by atoms with E-state index in [9.17, 15) is 9.59 Å². The molecule has 0 spiro atoms. The maximum Gasteiger partial charge on any atom is 0.254 e. The molecular formula is C22H25N3O2. The number of piperidine rings is 1. The van der Waals surface area contributed by atoms with Crippen LogP contribution >= 0.6 is 0 Å². The van der Waals surface area contributed by atoms with Crippen LogP contribution in [0.25, 0.3) is 0 Å². The Morgan fingerprint density at radius 2 is 1.70 bits per heavy atom. The lowest BCUT2D eigenvalue weighted by molar-refractivity contribution is -0.126. The topological polar surface area (TPSA) is 61.8 Å². The summed E-state index contributed by atoms with van der Waals surface area (Å²) >= 11 is 0. The van der Waals surface area contributed by atoms with E-state index in [1.807, 2.05) is 67.3 Å². The molecule has 0 radical (unpaired) electrons. The van der Waals surface area contributed by atoms with Gasteiger partial charge in [-0.15, -0.1) is 0 Å². The van der Waals surface area contributed by atoms with Crippen molar-refractivity contribution in [2.24, 2.45) is 11.0 Å². The Hall–Kier alpha value is -2.95. The van der Waals surface area contributed by atoms with Crippen molar-refractivity contribution in [2.75, 3.05) is 13.1 Å². The summed E-state index contributed by atoms with van der Waals surface area (Å²) in [4.78, 5) is 26.8. The molecule has 0 bridgehead atoms. The second-order valence-electron chi connectivity index (χ2n) is 7.03. The zero-order valence-electron chi connectivity index (χ0n) is 15.8. The van der Waals surface area contributed by atoms with Gasteiger partial charge < -0.3 is 4.90 Å². The number of amides is 2. The fraction of sp³-hybridized carbons (Fsp3) is 0.318. The first kappa shape index (κ1) is 18.8. The average molecular weight is 363 g/mol. The van der Waals surface area contributed by atoms with Crippen molar-refractivity contribution < 1.29 is 9.59 Å². The van der Waals surface area contributed by atoms with E-state index >= 15 is 0 Å². The van der Waals surface area contributed by atoms with E-state index in [-0.39, 0.29) is 17.7 Å². The molecule has 27 heavy (non-hydrogen) atoms. The van der Waals surface area contributed by atoms with Gasteiger partial charge in [-0.3, -0.25) is 9.59 Å². The Morgan fingerprint density at radius 3 is 2.37 bits per heavy atom. The van der Waals surface area contributed by atoms with Crippen molar-refractivity contribution >= 4 is 18.0 Å². The van der Waals surface area contributed by atoms with E-state index < -0.39 is 0 Å². The lowest BCUT2D eigenvalue weighted by Crippen LogP contribution is -2.42. The fourth-order valence-corrected chi connectivity index (χ4v) is 3.24. The van der Waals surface area contributed by atoms with Crippen molar-refractivity contribution in [3.05, 3.63) is 70.8 Å². The van der Waals surface area contributed by atoms with Crippen LogP contribution in [-0.4, -0.2) is 36.0 Å². The van der Waals surface area contributed by atoms with E-state index in [0.717, 1.165) is 16.7 Å². The van der Waals surface area contributed by atoms with Crippen LogP contribution in [-0.2, 0) is 4.79 Å². The van der Waals surface area contributed by atoms with Gasteiger partial charge in [0.25, 0.3) is 5.91 Å². The molecule has 0 aromatic heterocycles. The highest BCUT2D eigenvalue weighted by Gasteiger charge is 2.28. The minimum Gasteiger partial charge on any atom is -0.339 e. The average Bonchev–Trinajstić information content (AvgIpc) is 2.69. The summed E-state index contributed by atoms with van der Waals surface area (Å²) in [6, 6.07) is 15.5. The predicted molar refractivity (Wildman–Crippen MR) is 107 cm³/mol. The molecule has 1 fully saturated rings. The minimum absolute atomic E-state index is 0.0457. The molecule has 5 nitrogen and oxygen atoms in total. The predicted octanol–water partition coefficient (Wildman–Crippen LogP) is 3.31. The summed E-state index contributed by atoms with van der Waals surface area (Å²) in [5.74, 6) is -0.146. The molecule has 2 aromatic rings. The van der Waals surface area contributed by atoms with E-state index in [1.54, 1.807) is 6.21 Å². The number of benzene rings is 2. The van der Waals surface area contributed by atoms with E-state index in [2.05, 4.69) is 10.5 Å². The third kappa shape index (κ3) is 4.82. The van der Waals surface area contributed by atoms with Crippen LogP contribution in [0.4, 0.5) is 0 Å². The zero-order valence-corrected chi connectivity index (χ0v) is 15.8. The molecule has 1 aliphatic heterocycles. The van der Waals surface area contributed by atoms with Gasteiger partial charge in [0.1, 0.15) is 0 Å². The van der Waals surface area contributed by atoms with Gasteiger partial charge in [-0.1, -0.05) is 48.0 Å². The smallest absolute Gasteiger partial charge is 0.254 e. The molecule has 140 valence electrons.